The van der Waals surface area contributed by atoms with Gasteiger partial charge in [-0.15, -0.1) is 4.91 Å². The van der Waals surface area contributed by atoms with Gasteiger partial charge in [0.2, 0.25) is 0 Å². The van der Waals surface area contributed by atoms with Crippen LogP contribution in [0.5, 0.6) is 0 Å². The van der Waals surface area contributed by atoms with E-state index in [-0.39, 0.29) is 5.92 Å². The number of carbonyl (C=O) groups is 1. The van der Waals surface area contributed by atoms with E-state index < -0.39 is 12.0 Å². The van der Waals surface area contributed by atoms with Crippen LogP contribution in [-0.2, 0) is 4.79 Å². The van der Waals surface area contributed by atoms with E-state index in [2.05, 4.69) is 5.29 Å². The number of nitroso groups, excluding NO2 is 1. The second-order valence-corrected chi connectivity index (χ2v) is 3.14. The molecule has 0 rings (SSSR count). The van der Waals surface area contributed by atoms with Crippen molar-refractivity contribution in [3.63, 3.8) is 0 Å². The van der Waals surface area contributed by atoms with E-state index in [4.69, 9.17) is 5.11 Å². The Morgan fingerprint density at radius 2 is 2.08 bits per heavy atom. The van der Waals surface area contributed by atoms with E-state index in [0.29, 0.717) is 6.42 Å². The highest BCUT2D eigenvalue weighted by Gasteiger charge is 2.23. The number of aliphatic carboxylic acids is 1. The summed E-state index contributed by atoms with van der Waals surface area (Å²) in [7, 11) is 1.37. The van der Waals surface area contributed by atoms with Crippen molar-refractivity contribution in [1.29, 1.82) is 0 Å². The molecule has 0 aliphatic heterocycles. The monoisotopic (exact) mass is 174 g/mol. The highest BCUT2D eigenvalue weighted by molar-refractivity contribution is 5.73. The summed E-state index contributed by atoms with van der Waals surface area (Å²) in [6.45, 7) is 3.79. The normalized spacial score (nSPS) is 12.7. The van der Waals surface area contributed by atoms with Gasteiger partial charge in [-0.25, -0.2) is 9.80 Å². The summed E-state index contributed by atoms with van der Waals surface area (Å²) in [5, 5.41) is 12.2. The minimum atomic E-state index is -1.01. The molecule has 0 aromatic heterocycles. The van der Waals surface area contributed by atoms with Crippen molar-refractivity contribution in [3.8, 4) is 0 Å². The largest absolute Gasteiger partial charge is 0.480 e. The Morgan fingerprint density at radius 1 is 1.58 bits per heavy atom. The van der Waals surface area contributed by atoms with Crippen LogP contribution in [-0.4, -0.2) is 29.2 Å². The third-order valence-corrected chi connectivity index (χ3v) is 1.56. The van der Waals surface area contributed by atoms with Crippen LogP contribution in [0.25, 0.3) is 0 Å². The van der Waals surface area contributed by atoms with Crippen LogP contribution in [0.2, 0.25) is 0 Å². The van der Waals surface area contributed by atoms with E-state index >= 15 is 0 Å². The number of carboxylic acids is 1. The highest BCUT2D eigenvalue weighted by atomic mass is 16.4. The van der Waals surface area contributed by atoms with Crippen LogP contribution >= 0.6 is 0 Å². The summed E-state index contributed by atoms with van der Waals surface area (Å²) in [6.07, 6.45) is 0.428. The van der Waals surface area contributed by atoms with Gasteiger partial charge in [0.05, 0.1) is 5.29 Å². The minimum Gasteiger partial charge on any atom is -0.480 e. The average Bonchev–Trinajstić information content (AvgIpc) is 1.98. The van der Waals surface area contributed by atoms with Gasteiger partial charge in [0, 0.05) is 7.05 Å². The highest BCUT2D eigenvalue weighted by Crippen LogP contribution is 2.10. The molecule has 0 heterocycles. The van der Waals surface area contributed by atoms with Crippen molar-refractivity contribution >= 4 is 5.97 Å². The lowest BCUT2D eigenvalue weighted by Gasteiger charge is -2.19. The van der Waals surface area contributed by atoms with E-state index in [0.717, 1.165) is 5.01 Å². The van der Waals surface area contributed by atoms with Crippen molar-refractivity contribution in [3.05, 3.63) is 4.91 Å². The molecule has 0 aliphatic carbocycles. The van der Waals surface area contributed by atoms with E-state index in [1.54, 1.807) is 0 Å². The number of hydrogen-bond donors (Lipinski definition) is 1. The predicted octanol–water partition coefficient (Wildman–Crippen LogP) is 1.10. The van der Waals surface area contributed by atoms with Gasteiger partial charge in [-0.3, -0.25) is 0 Å². The summed E-state index contributed by atoms with van der Waals surface area (Å²) in [5.74, 6) is -0.777. The average molecular weight is 174 g/mol. The topological polar surface area (TPSA) is 70.0 Å². The van der Waals surface area contributed by atoms with E-state index in [1.807, 2.05) is 13.8 Å². The molecule has 5 heteroatoms. The predicted molar refractivity (Wildman–Crippen MR) is 44.4 cm³/mol. The minimum absolute atomic E-state index is 0.232. The Balaban J connectivity index is 4.22. The van der Waals surface area contributed by atoms with Gasteiger partial charge in [-0.1, -0.05) is 13.8 Å². The zero-order chi connectivity index (χ0) is 9.72. The molecular weight excluding hydrogens is 160 g/mol. The Morgan fingerprint density at radius 3 is 2.33 bits per heavy atom. The molecule has 0 spiro atoms. The lowest BCUT2D eigenvalue weighted by Crippen LogP contribution is -2.35. The molecule has 0 fully saturated rings. The SMILES string of the molecule is CC(C)C[C@H](C(=O)O)N(C)N=O. The number of carboxylic acid groups (broad SMARTS) is 1. The first-order valence-corrected chi connectivity index (χ1v) is 3.78. The quantitative estimate of drug-likeness (QED) is 0.500. The van der Waals surface area contributed by atoms with Crippen LogP contribution in [0.3, 0.4) is 0 Å². The fraction of sp³-hybridized carbons (Fsp3) is 0.857. The van der Waals surface area contributed by atoms with Gasteiger partial charge in [0.1, 0.15) is 6.04 Å². The molecule has 0 unspecified atom stereocenters. The van der Waals surface area contributed by atoms with Crippen molar-refractivity contribution < 1.29 is 9.90 Å². The number of nitrogens with zero attached hydrogens (tertiary/aromatic N) is 2. The van der Waals surface area contributed by atoms with Crippen molar-refractivity contribution in [2.45, 2.75) is 26.3 Å². The maximum atomic E-state index is 10.6. The summed E-state index contributed by atoms with van der Waals surface area (Å²) in [5.41, 5.74) is 0. The standard InChI is InChI=1S/C7H14N2O3/c1-5(2)4-6(7(10)11)9(3)8-12/h5-6H,4H2,1-3H3,(H,10,11)/t6-/m1/s1. The number of rotatable bonds is 5. The van der Waals surface area contributed by atoms with Gasteiger partial charge in [-0.2, -0.15) is 0 Å². The number of hydrogen-bond acceptors (Lipinski definition) is 3. The van der Waals surface area contributed by atoms with E-state index in [9.17, 15) is 9.70 Å². The Bertz CT molecular complexity index is 170. The molecule has 0 aliphatic rings. The first-order chi connectivity index (χ1) is 5.49. The maximum absolute atomic E-state index is 10.6. The third kappa shape index (κ3) is 3.32. The molecule has 0 amide bonds. The zero-order valence-electron chi connectivity index (χ0n) is 7.52. The summed E-state index contributed by atoms with van der Waals surface area (Å²) in [4.78, 5) is 20.6. The van der Waals surface area contributed by atoms with Crippen molar-refractivity contribution in [2.75, 3.05) is 7.05 Å². The first kappa shape index (κ1) is 10.9. The van der Waals surface area contributed by atoms with Crippen LogP contribution in [0, 0.1) is 10.8 Å². The van der Waals surface area contributed by atoms with Gasteiger partial charge in [0.15, 0.2) is 0 Å². The second kappa shape index (κ2) is 4.69. The lowest BCUT2D eigenvalue weighted by atomic mass is 10.0. The maximum Gasteiger partial charge on any atom is 0.328 e. The second-order valence-electron chi connectivity index (χ2n) is 3.14. The first-order valence-electron chi connectivity index (χ1n) is 3.78. The molecule has 5 nitrogen and oxygen atoms in total. The summed E-state index contributed by atoms with van der Waals surface area (Å²) < 4.78 is 0. The Hall–Kier alpha value is -1.13. The zero-order valence-corrected chi connectivity index (χ0v) is 7.52. The fourth-order valence-electron chi connectivity index (χ4n) is 0.917. The number of likely N-dealkylation sites (N-methyl/N-ethyl adjacent to an activating group) is 1. The molecule has 0 saturated heterocycles. The molecule has 0 bridgehead atoms. The molecular formula is C7H14N2O3. The summed E-state index contributed by atoms with van der Waals surface area (Å²) >= 11 is 0. The Labute approximate surface area is 71.3 Å². The van der Waals surface area contributed by atoms with Crippen LogP contribution in [0.1, 0.15) is 20.3 Å². The fourth-order valence-corrected chi connectivity index (χ4v) is 0.917. The van der Waals surface area contributed by atoms with E-state index in [1.165, 1.54) is 7.05 Å². The molecule has 70 valence electrons. The molecule has 0 aromatic rings. The smallest absolute Gasteiger partial charge is 0.328 e. The molecule has 1 N–H and O–H groups in total. The van der Waals surface area contributed by atoms with Crippen molar-refractivity contribution in [2.24, 2.45) is 11.2 Å². The van der Waals surface area contributed by atoms with Gasteiger partial charge >= 0.3 is 5.97 Å². The molecule has 0 aromatic carbocycles. The Kier molecular flexibility index (Phi) is 4.25. The van der Waals surface area contributed by atoms with Crippen LogP contribution in [0.15, 0.2) is 5.29 Å². The van der Waals surface area contributed by atoms with Gasteiger partial charge < -0.3 is 5.11 Å². The van der Waals surface area contributed by atoms with Crippen LogP contribution < -0.4 is 0 Å². The summed E-state index contributed by atoms with van der Waals surface area (Å²) in [6, 6.07) is -0.803. The lowest BCUT2D eigenvalue weighted by molar-refractivity contribution is -0.143. The molecule has 1 atom stereocenters. The van der Waals surface area contributed by atoms with Gasteiger partial charge in [-0.05, 0) is 12.3 Å². The van der Waals surface area contributed by atoms with Crippen LogP contribution in [0.4, 0.5) is 0 Å². The third-order valence-electron chi connectivity index (χ3n) is 1.56. The molecule has 12 heavy (non-hydrogen) atoms. The molecule has 0 radical (unpaired) electrons. The van der Waals surface area contributed by atoms with Crippen molar-refractivity contribution in [1.82, 2.24) is 5.01 Å². The van der Waals surface area contributed by atoms with Gasteiger partial charge in [0.25, 0.3) is 0 Å². The molecule has 0 saturated carbocycles.